The maximum Gasteiger partial charge on any atom is 0.237 e. The Kier molecular flexibility index (Phi) is 6.56. The van der Waals surface area contributed by atoms with Gasteiger partial charge < -0.3 is 15.4 Å². The lowest BCUT2D eigenvalue weighted by molar-refractivity contribution is -0.122. The molecule has 0 fully saturated rings. The number of carbonyl (C=O) groups is 1. The summed E-state index contributed by atoms with van der Waals surface area (Å²) >= 11 is 0. The van der Waals surface area contributed by atoms with Gasteiger partial charge >= 0.3 is 0 Å². The standard InChI is InChI=1S/C18H21FN2O2/c1-14(18(22)21-13-15-7-3-2-4-8-15)20-11-12-23-17-10-6-5-9-16(17)19/h2-10,14,20H,11-13H2,1H3,(H,21,22). The molecule has 2 aromatic carbocycles. The van der Waals surface area contributed by atoms with Gasteiger partial charge in [-0.1, -0.05) is 42.5 Å². The highest BCUT2D eigenvalue weighted by Crippen LogP contribution is 2.14. The van der Waals surface area contributed by atoms with E-state index in [2.05, 4.69) is 10.6 Å². The van der Waals surface area contributed by atoms with E-state index in [-0.39, 0.29) is 30.1 Å². The number of halogens is 1. The summed E-state index contributed by atoms with van der Waals surface area (Å²) in [6.07, 6.45) is 0. The summed E-state index contributed by atoms with van der Waals surface area (Å²) in [5.74, 6) is -0.253. The first-order chi connectivity index (χ1) is 11.2. The quantitative estimate of drug-likeness (QED) is 0.736. The maximum atomic E-state index is 13.4. The lowest BCUT2D eigenvalue weighted by Crippen LogP contribution is -2.43. The van der Waals surface area contributed by atoms with Gasteiger partial charge in [0.05, 0.1) is 6.04 Å². The molecule has 0 aliphatic carbocycles. The molecule has 1 atom stereocenters. The number of ether oxygens (including phenoxy) is 1. The molecule has 0 aliphatic heterocycles. The highest BCUT2D eigenvalue weighted by Gasteiger charge is 2.11. The first-order valence-corrected chi connectivity index (χ1v) is 7.59. The minimum atomic E-state index is -0.388. The number of nitrogens with one attached hydrogen (secondary N) is 2. The van der Waals surface area contributed by atoms with Crippen molar-refractivity contribution in [3.05, 3.63) is 66.0 Å². The van der Waals surface area contributed by atoms with Crippen LogP contribution in [0.15, 0.2) is 54.6 Å². The molecule has 0 spiro atoms. The van der Waals surface area contributed by atoms with Gasteiger partial charge in [-0.2, -0.15) is 0 Å². The highest BCUT2D eigenvalue weighted by atomic mass is 19.1. The number of rotatable bonds is 8. The van der Waals surface area contributed by atoms with Crippen LogP contribution in [0.1, 0.15) is 12.5 Å². The topological polar surface area (TPSA) is 50.4 Å². The molecule has 0 radical (unpaired) electrons. The zero-order valence-corrected chi connectivity index (χ0v) is 13.1. The first kappa shape index (κ1) is 17.0. The number of benzene rings is 2. The van der Waals surface area contributed by atoms with Gasteiger partial charge in [-0.25, -0.2) is 4.39 Å². The van der Waals surface area contributed by atoms with Crippen molar-refractivity contribution in [1.29, 1.82) is 0 Å². The van der Waals surface area contributed by atoms with Gasteiger partial charge in [0.2, 0.25) is 5.91 Å². The Balaban J connectivity index is 1.65. The molecule has 1 unspecified atom stereocenters. The molecule has 0 heterocycles. The van der Waals surface area contributed by atoms with Gasteiger partial charge in [-0.15, -0.1) is 0 Å². The molecule has 23 heavy (non-hydrogen) atoms. The number of hydrogen-bond acceptors (Lipinski definition) is 3. The zero-order valence-electron chi connectivity index (χ0n) is 13.1. The van der Waals surface area contributed by atoms with E-state index < -0.39 is 0 Å². The SMILES string of the molecule is CC(NCCOc1ccccc1F)C(=O)NCc1ccccc1. The Labute approximate surface area is 135 Å². The van der Waals surface area contributed by atoms with Crippen molar-refractivity contribution >= 4 is 5.91 Å². The van der Waals surface area contributed by atoms with E-state index in [0.29, 0.717) is 13.1 Å². The van der Waals surface area contributed by atoms with Crippen molar-refractivity contribution in [2.45, 2.75) is 19.5 Å². The predicted molar refractivity (Wildman–Crippen MR) is 87.6 cm³/mol. The summed E-state index contributed by atoms with van der Waals surface area (Å²) in [5.41, 5.74) is 1.05. The molecule has 122 valence electrons. The second kappa shape index (κ2) is 8.90. The van der Waals surface area contributed by atoms with Gasteiger partial charge in [0.15, 0.2) is 11.6 Å². The largest absolute Gasteiger partial charge is 0.489 e. The predicted octanol–water partition coefficient (Wildman–Crippen LogP) is 2.50. The molecule has 1 amide bonds. The Morgan fingerprint density at radius 2 is 1.83 bits per heavy atom. The van der Waals surface area contributed by atoms with Crippen LogP contribution >= 0.6 is 0 Å². The molecule has 2 aromatic rings. The van der Waals surface area contributed by atoms with E-state index in [9.17, 15) is 9.18 Å². The second-order valence-electron chi connectivity index (χ2n) is 5.16. The zero-order chi connectivity index (χ0) is 16.5. The van der Waals surface area contributed by atoms with Crippen LogP contribution in [0.4, 0.5) is 4.39 Å². The monoisotopic (exact) mass is 316 g/mol. The maximum absolute atomic E-state index is 13.4. The highest BCUT2D eigenvalue weighted by molar-refractivity contribution is 5.81. The van der Waals surface area contributed by atoms with E-state index in [1.165, 1.54) is 6.07 Å². The first-order valence-electron chi connectivity index (χ1n) is 7.59. The smallest absolute Gasteiger partial charge is 0.237 e. The van der Waals surface area contributed by atoms with Crippen LogP contribution in [-0.2, 0) is 11.3 Å². The molecule has 0 saturated heterocycles. The summed E-state index contributed by atoms with van der Waals surface area (Å²) < 4.78 is 18.7. The third-order valence-electron chi connectivity index (χ3n) is 3.35. The van der Waals surface area contributed by atoms with Gasteiger partial charge in [-0.05, 0) is 24.6 Å². The van der Waals surface area contributed by atoms with Crippen molar-refractivity contribution in [3.8, 4) is 5.75 Å². The summed E-state index contributed by atoms with van der Waals surface area (Å²) in [7, 11) is 0. The van der Waals surface area contributed by atoms with Gasteiger partial charge in [0.1, 0.15) is 6.61 Å². The van der Waals surface area contributed by atoms with Gasteiger partial charge in [0, 0.05) is 13.1 Å². The Morgan fingerprint density at radius 3 is 2.57 bits per heavy atom. The van der Waals surface area contributed by atoms with E-state index in [4.69, 9.17) is 4.74 Å². The fraction of sp³-hybridized carbons (Fsp3) is 0.278. The lowest BCUT2D eigenvalue weighted by Gasteiger charge is -2.14. The fourth-order valence-electron chi connectivity index (χ4n) is 2.03. The molecule has 0 aliphatic rings. The summed E-state index contributed by atoms with van der Waals surface area (Å²) in [4.78, 5) is 12.0. The van der Waals surface area contributed by atoms with Crippen molar-refractivity contribution in [1.82, 2.24) is 10.6 Å². The summed E-state index contributed by atoms with van der Waals surface area (Å²) in [5, 5.41) is 5.91. The van der Waals surface area contributed by atoms with Crippen LogP contribution in [0.2, 0.25) is 0 Å². The third kappa shape index (κ3) is 5.71. The van der Waals surface area contributed by atoms with E-state index in [0.717, 1.165) is 5.56 Å². The average Bonchev–Trinajstić information content (AvgIpc) is 2.58. The minimum Gasteiger partial charge on any atom is -0.489 e. The van der Waals surface area contributed by atoms with Crippen LogP contribution in [0.5, 0.6) is 5.75 Å². The molecule has 0 saturated carbocycles. The Hall–Kier alpha value is -2.40. The van der Waals surface area contributed by atoms with Crippen LogP contribution in [0.3, 0.4) is 0 Å². The fourth-order valence-corrected chi connectivity index (χ4v) is 2.03. The molecule has 2 rings (SSSR count). The minimum absolute atomic E-state index is 0.0836. The van der Waals surface area contributed by atoms with Gasteiger partial charge in [-0.3, -0.25) is 4.79 Å². The van der Waals surface area contributed by atoms with Crippen molar-refractivity contribution in [3.63, 3.8) is 0 Å². The molecule has 5 heteroatoms. The second-order valence-corrected chi connectivity index (χ2v) is 5.16. The van der Waals surface area contributed by atoms with Crippen LogP contribution in [0, 0.1) is 5.82 Å². The number of amides is 1. The van der Waals surface area contributed by atoms with Crippen LogP contribution < -0.4 is 15.4 Å². The molecular formula is C18H21FN2O2. The number of carbonyl (C=O) groups excluding carboxylic acids is 1. The lowest BCUT2D eigenvalue weighted by atomic mass is 10.2. The van der Waals surface area contributed by atoms with Crippen molar-refractivity contribution in [2.24, 2.45) is 0 Å². The molecule has 0 aromatic heterocycles. The molecule has 2 N–H and O–H groups in total. The van der Waals surface area contributed by atoms with Crippen molar-refractivity contribution in [2.75, 3.05) is 13.2 Å². The van der Waals surface area contributed by atoms with Crippen LogP contribution in [0.25, 0.3) is 0 Å². The Bertz CT molecular complexity index is 619. The third-order valence-corrected chi connectivity index (χ3v) is 3.35. The summed E-state index contributed by atoms with van der Waals surface area (Å²) in [6, 6.07) is 15.6. The Morgan fingerprint density at radius 1 is 1.13 bits per heavy atom. The van der Waals surface area contributed by atoms with E-state index in [1.54, 1.807) is 25.1 Å². The van der Waals surface area contributed by atoms with E-state index in [1.807, 2.05) is 30.3 Å². The number of hydrogen-bond donors (Lipinski definition) is 2. The summed E-state index contributed by atoms with van der Waals surface area (Å²) in [6.45, 7) is 3.02. The molecule has 4 nitrogen and oxygen atoms in total. The molecule has 0 bridgehead atoms. The van der Waals surface area contributed by atoms with Crippen LogP contribution in [-0.4, -0.2) is 25.1 Å². The van der Waals surface area contributed by atoms with E-state index >= 15 is 0 Å². The average molecular weight is 316 g/mol. The van der Waals surface area contributed by atoms with Crippen molar-refractivity contribution < 1.29 is 13.9 Å². The number of para-hydroxylation sites is 1. The molecular weight excluding hydrogens is 295 g/mol. The normalized spacial score (nSPS) is 11.7. The van der Waals surface area contributed by atoms with Gasteiger partial charge in [0.25, 0.3) is 0 Å².